The van der Waals surface area contributed by atoms with E-state index in [0.29, 0.717) is 18.2 Å². The summed E-state index contributed by atoms with van der Waals surface area (Å²) in [5.41, 5.74) is 3.83. The Morgan fingerprint density at radius 2 is 2.00 bits per heavy atom. The number of pyridine rings is 2. The summed E-state index contributed by atoms with van der Waals surface area (Å²) in [4.78, 5) is 25.5. The van der Waals surface area contributed by atoms with E-state index in [-0.39, 0.29) is 12.1 Å². The van der Waals surface area contributed by atoms with E-state index < -0.39 is 0 Å². The smallest absolute Gasteiger partial charge is 0.415 e. The van der Waals surface area contributed by atoms with Crippen molar-refractivity contribution in [3.63, 3.8) is 0 Å². The number of carbonyl (C=O) groups excluding carboxylic acids is 1. The highest BCUT2D eigenvalue weighted by Gasteiger charge is 2.29. The zero-order valence-electron chi connectivity index (χ0n) is 19.7. The van der Waals surface area contributed by atoms with Crippen LogP contribution in [0.4, 0.5) is 4.79 Å². The van der Waals surface area contributed by atoms with Gasteiger partial charge in [-0.2, -0.15) is 5.10 Å². The second-order valence-corrected chi connectivity index (χ2v) is 9.03. The predicted octanol–water partition coefficient (Wildman–Crippen LogP) is 4.74. The van der Waals surface area contributed by atoms with Crippen molar-refractivity contribution in [1.82, 2.24) is 30.0 Å². The van der Waals surface area contributed by atoms with Crippen molar-refractivity contribution in [3.8, 4) is 22.9 Å². The predicted molar refractivity (Wildman–Crippen MR) is 134 cm³/mol. The van der Waals surface area contributed by atoms with Gasteiger partial charge in [-0.25, -0.2) is 9.78 Å². The summed E-state index contributed by atoms with van der Waals surface area (Å²) in [5, 5.41) is 7.91. The molecule has 0 saturated carbocycles. The molecular formula is C27H26N6O3. The highest BCUT2D eigenvalue weighted by molar-refractivity contribution is 5.80. The topological polar surface area (TPSA) is 96.5 Å². The first-order chi connectivity index (χ1) is 17.7. The van der Waals surface area contributed by atoms with Crippen LogP contribution in [0.5, 0.6) is 11.6 Å². The van der Waals surface area contributed by atoms with Gasteiger partial charge in [-0.15, -0.1) is 0 Å². The van der Waals surface area contributed by atoms with Gasteiger partial charge in [-0.3, -0.25) is 15.0 Å². The van der Waals surface area contributed by atoms with E-state index >= 15 is 0 Å². The normalized spacial score (nSPS) is 16.9. The third-order valence-electron chi connectivity index (χ3n) is 6.67. The Labute approximate surface area is 208 Å². The number of hydrogen-bond donors (Lipinski definition) is 1. The fourth-order valence-electron chi connectivity index (χ4n) is 4.76. The molecule has 0 atom stereocenters. The summed E-state index contributed by atoms with van der Waals surface area (Å²) >= 11 is 0. The van der Waals surface area contributed by atoms with Gasteiger partial charge in [0.15, 0.2) is 0 Å². The average molecular weight is 483 g/mol. The quantitative estimate of drug-likeness (QED) is 0.424. The first-order valence-electron chi connectivity index (χ1n) is 12.1. The van der Waals surface area contributed by atoms with Gasteiger partial charge in [0.2, 0.25) is 5.88 Å². The molecule has 5 heterocycles. The number of likely N-dealkylation sites (tertiary alicyclic amines) is 1. The zero-order valence-corrected chi connectivity index (χ0v) is 19.7. The lowest BCUT2D eigenvalue weighted by Crippen LogP contribution is -2.48. The van der Waals surface area contributed by atoms with E-state index in [1.54, 1.807) is 12.4 Å². The van der Waals surface area contributed by atoms with Gasteiger partial charge in [0.1, 0.15) is 5.75 Å². The first kappa shape index (κ1) is 22.2. The van der Waals surface area contributed by atoms with Gasteiger partial charge in [0.25, 0.3) is 0 Å². The van der Waals surface area contributed by atoms with Gasteiger partial charge in [0, 0.05) is 61.6 Å². The molecule has 6 rings (SSSR count). The van der Waals surface area contributed by atoms with Crippen molar-refractivity contribution < 1.29 is 14.3 Å². The van der Waals surface area contributed by atoms with Crippen LogP contribution in [0.25, 0.3) is 22.2 Å². The molecule has 1 aromatic carbocycles. The van der Waals surface area contributed by atoms with Crippen molar-refractivity contribution in [2.24, 2.45) is 0 Å². The van der Waals surface area contributed by atoms with Crippen LogP contribution in [-0.2, 0) is 11.3 Å². The van der Waals surface area contributed by atoms with Crippen LogP contribution in [0.15, 0.2) is 73.3 Å². The number of hydrogen-bond acceptors (Lipinski definition) is 7. The molecule has 9 nitrogen and oxygen atoms in total. The van der Waals surface area contributed by atoms with Crippen molar-refractivity contribution in [3.05, 3.63) is 79.0 Å². The monoisotopic (exact) mass is 482 g/mol. The lowest BCUT2D eigenvalue weighted by Gasteiger charge is -2.38. The van der Waals surface area contributed by atoms with Crippen molar-refractivity contribution in [2.75, 3.05) is 19.6 Å². The number of piperidine rings is 1. The lowest BCUT2D eigenvalue weighted by molar-refractivity contribution is 0.0832. The Morgan fingerprint density at radius 3 is 2.78 bits per heavy atom. The van der Waals surface area contributed by atoms with Gasteiger partial charge in [-0.1, -0.05) is 6.07 Å². The largest absolute Gasteiger partial charge is 0.439 e. The summed E-state index contributed by atoms with van der Waals surface area (Å²) < 4.78 is 11.0. The molecular weight excluding hydrogens is 456 g/mol. The molecule has 0 aliphatic carbocycles. The molecule has 0 spiro atoms. The summed E-state index contributed by atoms with van der Waals surface area (Å²) in [6, 6.07) is 16.0. The number of amides is 1. The van der Waals surface area contributed by atoms with E-state index in [9.17, 15) is 4.79 Å². The van der Waals surface area contributed by atoms with Crippen LogP contribution in [0, 0.1) is 0 Å². The zero-order chi connectivity index (χ0) is 24.3. The fraction of sp³-hybridized carbons (Fsp3) is 0.259. The minimum Gasteiger partial charge on any atom is -0.439 e. The molecule has 1 saturated heterocycles. The number of nitrogens with one attached hydrogen (secondary N) is 1. The second-order valence-electron chi connectivity index (χ2n) is 9.03. The maximum atomic E-state index is 12.0. The summed E-state index contributed by atoms with van der Waals surface area (Å²) in [7, 11) is 0. The Bertz CT molecular complexity index is 1380. The summed E-state index contributed by atoms with van der Waals surface area (Å²) in [6.45, 7) is 3.28. The van der Waals surface area contributed by atoms with Crippen molar-refractivity contribution in [1.29, 1.82) is 0 Å². The summed E-state index contributed by atoms with van der Waals surface area (Å²) in [5.74, 6) is 1.24. The summed E-state index contributed by atoms with van der Waals surface area (Å²) in [6.07, 6.45) is 8.48. The molecule has 0 radical (unpaired) electrons. The van der Waals surface area contributed by atoms with Crippen LogP contribution in [0.3, 0.4) is 0 Å². The molecule has 0 unspecified atom stereocenters. The number of rotatable bonds is 6. The maximum absolute atomic E-state index is 12.0. The number of H-pyrrole nitrogens is 1. The first-order valence-corrected chi connectivity index (χ1v) is 12.1. The Hall–Kier alpha value is -4.24. The molecule has 1 amide bonds. The van der Waals surface area contributed by atoms with Crippen LogP contribution in [-0.4, -0.2) is 61.7 Å². The van der Waals surface area contributed by atoms with Gasteiger partial charge >= 0.3 is 6.09 Å². The van der Waals surface area contributed by atoms with E-state index in [2.05, 4.69) is 32.2 Å². The SMILES string of the molecule is O=C1OC=CCN1C1CCN(Cc2ccc3cc(Oc4ccc(-c5ccn[nH]5)cn4)ccc3n2)CC1. The van der Waals surface area contributed by atoms with Crippen LogP contribution in [0.1, 0.15) is 18.5 Å². The molecule has 182 valence electrons. The highest BCUT2D eigenvalue weighted by atomic mass is 16.5. The second kappa shape index (κ2) is 9.79. The maximum Gasteiger partial charge on any atom is 0.415 e. The van der Waals surface area contributed by atoms with E-state index in [1.165, 1.54) is 6.26 Å². The third-order valence-corrected chi connectivity index (χ3v) is 6.67. The van der Waals surface area contributed by atoms with Crippen LogP contribution >= 0.6 is 0 Å². The molecule has 3 aromatic heterocycles. The minimum absolute atomic E-state index is 0.234. The number of aromatic amines is 1. The Kier molecular flexibility index (Phi) is 6.05. The molecule has 1 N–H and O–H groups in total. The highest BCUT2D eigenvalue weighted by Crippen LogP contribution is 2.26. The molecule has 2 aliphatic rings. The molecule has 4 aromatic rings. The van der Waals surface area contributed by atoms with Crippen molar-refractivity contribution >= 4 is 17.0 Å². The molecule has 36 heavy (non-hydrogen) atoms. The van der Waals surface area contributed by atoms with Gasteiger partial charge in [0.05, 0.1) is 23.2 Å². The van der Waals surface area contributed by atoms with Crippen molar-refractivity contribution in [2.45, 2.75) is 25.4 Å². The minimum atomic E-state index is -0.239. The fourth-order valence-corrected chi connectivity index (χ4v) is 4.76. The Morgan fingerprint density at radius 1 is 1.08 bits per heavy atom. The van der Waals surface area contributed by atoms with E-state index in [1.807, 2.05) is 47.4 Å². The van der Waals surface area contributed by atoms with E-state index in [0.717, 1.165) is 60.3 Å². The van der Waals surface area contributed by atoms with Gasteiger partial charge in [-0.05, 0) is 55.3 Å². The van der Waals surface area contributed by atoms with Crippen LogP contribution < -0.4 is 4.74 Å². The standard InChI is InChI=1S/C27H26N6O3/c34-27-33(12-1-15-35-27)22-9-13-32(14-10-22)18-21-4-2-19-16-23(5-6-24(19)30-21)36-26-7-3-20(17-28-26)25-8-11-29-31-25/h1-8,11,15-17,22H,9-10,12-14,18H2,(H,29,31). The van der Waals surface area contributed by atoms with Gasteiger partial charge < -0.3 is 14.4 Å². The molecule has 1 fully saturated rings. The Balaban J connectivity index is 1.07. The number of aromatic nitrogens is 4. The third kappa shape index (κ3) is 4.78. The number of fused-ring (bicyclic) bond motifs is 1. The number of carbonyl (C=O) groups is 1. The molecule has 0 bridgehead atoms. The number of cyclic esters (lactones) is 1. The lowest BCUT2D eigenvalue weighted by atomic mass is 10.0. The number of ether oxygens (including phenoxy) is 2. The average Bonchev–Trinajstić information content (AvgIpc) is 3.45. The van der Waals surface area contributed by atoms with E-state index in [4.69, 9.17) is 14.5 Å². The number of benzene rings is 1. The number of nitrogens with zero attached hydrogens (tertiary/aromatic N) is 5. The van der Waals surface area contributed by atoms with Crippen LogP contribution in [0.2, 0.25) is 0 Å². The molecule has 2 aliphatic heterocycles. The molecule has 9 heteroatoms.